The van der Waals surface area contributed by atoms with E-state index >= 15 is 0 Å². The molecule has 0 radical (unpaired) electrons. The predicted molar refractivity (Wildman–Crippen MR) is 129 cm³/mol. The Kier molecular flexibility index (Phi) is 5.28. The van der Waals surface area contributed by atoms with E-state index in [4.69, 9.17) is 0 Å². The Bertz CT molecular complexity index is 1160. The summed E-state index contributed by atoms with van der Waals surface area (Å²) in [6.07, 6.45) is 7.50. The number of hydrazone groups is 1. The third-order valence-corrected chi connectivity index (χ3v) is 6.99. The summed E-state index contributed by atoms with van der Waals surface area (Å²) in [4.78, 5) is 16.9. The van der Waals surface area contributed by atoms with Crippen molar-refractivity contribution in [1.29, 1.82) is 0 Å². The van der Waals surface area contributed by atoms with Gasteiger partial charge in [-0.3, -0.25) is 4.79 Å². The van der Waals surface area contributed by atoms with Crippen molar-refractivity contribution in [2.45, 2.75) is 38.0 Å². The molecule has 0 spiro atoms. The van der Waals surface area contributed by atoms with Crippen LogP contribution in [0.1, 0.15) is 33.1 Å². The summed E-state index contributed by atoms with van der Waals surface area (Å²) in [6.45, 7) is 5.06. The summed E-state index contributed by atoms with van der Waals surface area (Å²) in [5.74, 6) is -0.0262. The molecule has 4 nitrogen and oxygen atoms in total. The van der Waals surface area contributed by atoms with Gasteiger partial charge in [0, 0.05) is 11.4 Å². The number of para-hydroxylation sites is 2. The zero-order valence-corrected chi connectivity index (χ0v) is 18.7. The van der Waals surface area contributed by atoms with Gasteiger partial charge in [0.1, 0.15) is 0 Å². The zero-order chi connectivity index (χ0) is 21.4. The number of benzene rings is 2. The SMILES string of the molecule is CCN1/C(=C\C2=CC(=C3\C(=O)N(c4ccccc4)N=C3C)/CCC2)Sc2ccccc21. The van der Waals surface area contributed by atoms with E-state index in [1.165, 1.54) is 26.2 Å². The zero-order valence-electron chi connectivity index (χ0n) is 17.8. The van der Waals surface area contributed by atoms with Gasteiger partial charge in [-0.1, -0.05) is 48.2 Å². The van der Waals surface area contributed by atoms with E-state index in [2.05, 4.69) is 53.3 Å². The maximum Gasteiger partial charge on any atom is 0.280 e. The molecule has 0 aromatic heterocycles. The van der Waals surface area contributed by atoms with E-state index < -0.39 is 0 Å². The van der Waals surface area contributed by atoms with E-state index in [9.17, 15) is 4.79 Å². The number of hydrogen-bond donors (Lipinski definition) is 0. The standard InChI is InChI=1S/C26H25N3OS/c1-3-28-22-14-7-8-15-23(22)31-24(28)17-19-10-9-11-20(16-19)25-18(2)27-29(26(25)30)21-12-5-4-6-13-21/h4-8,12-17H,3,9-11H2,1-2H3/b24-17+,25-20-. The van der Waals surface area contributed by atoms with Crippen LogP contribution in [-0.4, -0.2) is 18.2 Å². The quantitative estimate of drug-likeness (QED) is 0.540. The third-order valence-electron chi connectivity index (χ3n) is 5.87. The van der Waals surface area contributed by atoms with Crippen molar-refractivity contribution >= 4 is 34.8 Å². The summed E-state index contributed by atoms with van der Waals surface area (Å²) < 4.78 is 0. The molecule has 2 aromatic rings. The van der Waals surface area contributed by atoms with Crippen LogP contribution < -0.4 is 9.91 Å². The van der Waals surface area contributed by atoms with Crippen LogP contribution in [0.15, 0.2) is 98.5 Å². The van der Waals surface area contributed by atoms with Gasteiger partial charge in [-0.05, 0) is 74.6 Å². The van der Waals surface area contributed by atoms with Gasteiger partial charge in [0.15, 0.2) is 0 Å². The smallest absolute Gasteiger partial charge is 0.280 e. The van der Waals surface area contributed by atoms with Crippen LogP contribution >= 0.6 is 11.8 Å². The van der Waals surface area contributed by atoms with E-state index in [0.29, 0.717) is 0 Å². The van der Waals surface area contributed by atoms with Crippen LogP contribution in [0.4, 0.5) is 11.4 Å². The van der Waals surface area contributed by atoms with Crippen molar-refractivity contribution < 1.29 is 4.79 Å². The summed E-state index contributed by atoms with van der Waals surface area (Å²) in [6, 6.07) is 18.2. The fourth-order valence-electron chi connectivity index (χ4n) is 4.43. The molecule has 0 unspecified atom stereocenters. The Morgan fingerprint density at radius 2 is 1.84 bits per heavy atom. The van der Waals surface area contributed by atoms with Crippen molar-refractivity contribution in [1.82, 2.24) is 0 Å². The number of carbonyl (C=O) groups excluding carboxylic acids is 1. The van der Waals surface area contributed by atoms with Gasteiger partial charge in [-0.2, -0.15) is 10.1 Å². The van der Waals surface area contributed by atoms with Crippen molar-refractivity contribution in [2.75, 3.05) is 16.5 Å². The molecular weight excluding hydrogens is 402 g/mol. The largest absolute Gasteiger partial charge is 0.335 e. The number of rotatable bonds is 3. The van der Waals surface area contributed by atoms with Gasteiger partial charge < -0.3 is 4.90 Å². The lowest BCUT2D eigenvalue weighted by Crippen LogP contribution is -2.22. The van der Waals surface area contributed by atoms with Crippen LogP contribution in [0.2, 0.25) is 0 Å². The third kappa shape index (κ3) is 3.63. The first kappa shape index (κ1) is 19.9. The Labute approximate surface area is 187 Å². The predicted octanol–water partition coefficient (Wildman–Crippen LogP) is 6.29. The Hall–Kier alpha value is -3.05. The molecule has 0 fully saturated rings. The van der Waals surface area contributed by atoms with E-state index in [-0.39, 0.29) is 5.91 Å². The monoisotopic (exact) mass is 427 g/mol. The summed E-state index contributed by atoms with van der Waals surface area (Å²) in [7, 11) is 0. The van der Waals surface area contributed by atoms with Gasteiger partial charge in [0.05, 0.1) is 27.7 Å². The van der Waals surface area contributed by atoms with Gasteiger partial charge in [0.2, 0.25) is 0 Å². The van der Waals surface area contributed by atoms with E-state index in [0.717, 1.165) is 48.4 Å². The van der Waals surface area contributed by atoms with Gasteiger partial charge in [-0.15, -0.1) is 0 Å². The lowest BCUT2D eigenvalue weighted by Gasteiger charge is -2.20. The first-order valence-electron chi connectivity index (χ1n) is 10.8. The van der Waals surface area contributed by atoms with E-state index in [1.807, 2.05) is 49.0 Å². The molecule has 2 aliphatic heterocycles. The molecule has 0 saturated carbocycles. The second-order valence-corrected chi connectivity index (χ2v) is 8.97. The van der Waals surface area contributed by atoms with Crippen LogP contribution in [0.25, 0.3) is 0 Å². The normalized spacial score (nSPS) is 22.1. The van der Waals surface area contributed by atoms with Crippen LogP contribution in [-0.2, 0) is 4.79 Å². The molecule has 2 heterocycles. The second kappa shape index (κ2) is 8.23. The number of nitrogens with zero attached hydrogens (tertiary/aromatic N) is 3. The molecule has 0 N–H and O–H groups in total. The van der Waals surface area contributed by atoms with Gasteiger partial charge in [-0.25, -0.2) is 0 Å². The van der Waals surface area contributed by atoms with Crippen LogP contribution in [0.5, 0.6) is 0 Å². The van der Waals surface area contributed by atoms with Crippen molar-refractivity contribution in [3.05, 3.63) is 88.5 Å². The lowest BCUT2D eigenvalue weighted by molar-refractivity contribution is -0.114. The molecule has 156 valence electrons. The summed E-state index contributed by atoms with van der Waals surface area (Å²) in [5, 5.41) is 7.35. The van der Waals surface area contributed by atoms with Crippen LogP contribution in [0, 0.1) is 0 Å². The average Bonchev–Trinajstić information content (AvgIpc) is 3.30. The highest BCUT2D eigenvalue weighted by Gasteiger charge is 2.31. The molecular formula is C26H25N3OS. The number of allylic oxidation sites excluding steroid dienone is 4. The first-order chi connectivity index (χ1) is 15.2. The summed E-state index contributed by atoms with van der Waals surface area (Å²) >= 11 is 1.83. The van der Waals surface area contributed by atoms with Gasteiger partial charge >= 0.3 is 0 Å². The molecule has 2 aromatic carbocycles. The lowest BCUT2D eigenvalue weighted by atomic mass is 9.90. The molecule has 31 heavy (non-hydrogen) atoms. The van der Waals surface area contributed by atoms with Crippen molar-refractivity contribution in [3.63, 3.8) is 0 Å². The Morgan fingerprint density at radius 1 is 1.06 bits per heavy atom. The Balaban J connectivity index is 1.47. The molecule has 3 aliphatic rings. The minimum atomic E-state index is -0.0262. The fraction of sp³-hybridized carbons (Fsp3) is 0.231. The molecule has 5 heteroatoms. The molecule has 1 aliphatic carbocycles. The number of hydrogen-bond acceptors (Lipinski definition) is 4. The topological polar surface area (TPSA) is 35.9 Å². The van der Waals surface area contributed by atoms with Crippen molar-refractivity contribution in [2.24, 2.45) is 5.10 Å². The first-order valence-corrected chi connectivity index (χ1v) is 11.6. The van der Waals surface area contributed by atoms with E-state index in [1.54, 1.807) is 0 Å². The minimum absolute atomic E-state index is 0.0262. The molecule has 0 atom stereocenters. The average molecular weight is 428 g/mol. The maximum absolute atomic E-state index is 13.2. The number of thioether (sulfide) groups is 1. The van der Waals surface area contributed by atoms with Gasteiger partial charge in [0.25, 0.3) is 5.91 Å². The molecule has 5 rings (SSSR count). The number of anilines is 2. The second-order valence-electron chi connectivity index (χ2n) is 7.91. The minimum Gasteiger partial charge on any atom is -0.335 e. The molecule has 0 saturated heterocycles. The summed E-state index contributed by atoms with van der Waals surface area (Å²) in [5.41, 5.74) is 6.03. The highest BCUT2D eigenvalue weighted by molar-refractivity contribution is 8.03. The Morgan fingerprint density at radius 3 is 2.65 bits per heavy atom. The number of fused-ring (bicyclic) bond motifs is 1. The molecule has 0 bridgehead atoms. The molecule has 1 amide bonds. The number of carbonyl (C=O) groups is 1. The highest BCUT2D eigenvalue weighted by atomic mass is 32.2. The maximum atomic E-state index is 13.2. The van der Waals surface area contributed by atoms with Crippen molar-refractivity contribution in [3.8, 4) is 0 Å². The van der Waals surface area contributed by atoms with Crippen LogP contribution in [0.3, 0.4) is 0 Å². The fourth-order valence-corrected chi connectivity index (χ4v) is 5.63. The highest BCUT2D eigenvalue weighted by Crippen LogP contribution is 2.46. The number of amides is 1.